The van der Waals surface area contributed by atoms with Crippen molar-refractivity contribution in [1.29, 1.82) is 0 Å². The first-order valence-corrected chi connectivity index (χ1v) is 7.67. The van der Waals surface area contributed by atoms with Crippen molar-refractivity contribution < 1.29 is 9.59 Å². The zero-order valence-corrected chi connectivity index (χ0v) is 12.0. The van der Waals surface area contributed by atoms with E-state index < -0.39 is 0 Å². The maximum absolute atomic E-state index is 12.1. The van der Waals surface area contributed by atoms with E-state index in [2.05, 4.69) is 16.0 Å². The summed E-state index contributed by atoms with van der Waals surface area (Å²) in [6, 6.07) is 7.20. The molecule has 1 saturated heterocycles. The predicted molar refractivity (Wildman–Crippen MR) is 82.1 cm³/mol. The van der Waals surface area contributed by atoms with Crippen molar-refractivity contribution >= 4 is 23.2 Å². The Morgan fingerprint density at radius 2 is 1.52 bits per heavy atom. The van der Waals surface area contributed by atoms with Gasteiger partial charge >= 0.3 is 0 Å². The van der Waals surface area contributed by atoms with Crippen molar-refractivity contribution in [3.8, 4) is 0 Å². The fourth-order valence-electron chi connectivity index (χ4n) is 2.53. The first kappa shape index (κ1) is 14.1. The van der Waals surface area contributed by atoms with Crippen LogP contribution >= 0.6 is 0 Å². The van der Waals surface area contributed by atoms with Gasteiger partial charge in [0.15, 0.2) is 0 Å². The van der Waals surface area contributed by atoms with Crippen molar-refractivity contribution in [2.45, 2.75) is 38.1 Å². The number of benzene rings is 1. The van der Waals surface area contributed by atoms with Crippen molar-refractivity contribution in [1.82, 2.24) is 5.32 Å². The van der Waals surface area contributed by atoms with Crippen molar-refractivity contribution in [3.05, 3.63) is 24.3 Å². The lowest BCUT2D eigenvalue weighted by Crippen LogP contribution is -2.43. The van der Waals surface area contributed by atoms with Gasteiger partial charge in [-0.25, -0.2) is 0 Å². The van der Waals surface area contributed by atoms with Gasteiger partial charge in [-0.05, 0) is 56.5 Å². The van der Waals surface area contributed by atoms with Crippen LogP contribution < -0.4 is 16.0 Å². The van der Waals surface area contributed by atoms with Crippen LogP contribution in [0.5, 0.6) is 0 Å². The molecule has 5 heteroatoms. The summed E-state index contributed by atoms with van der Waals surface area (Å²) in [4.78, 5) is 23.7. The van der Waals surface area contributed by atoms with Gasteiger partial charge in [-0.1, -0.05) is 6.42 Å². The normalized spacial score (nSPS) is 21.6. The molecule has 0 bridgehead atoms. The van der Waals surface area contributed by atoms with Gasteiger partial charge in [0, 0.05) is 17.3 Å². The van der Waals surface area contributed by atoms with Crippen molar-refractivity contribution in [2.75, 3.05) is 17.2 Å². The van der Waals surface area contributed by atoms with Crippen LogP contribution in [-0.2, 0) is 9.59 Å². The minimum Gasteiger partial charge on any atom is -0.326 e. The summed E-state index contributed by atoms with van der Waals surface area (Å²) in [5.41, 5.74) is 1.54. The molecule has 1 aliphatic heterocycles. The van der Waals surface area contributed by atoms with Crippen LogP contribution in [0.25, 0.3) is 0 Å². The Bertz CT molecular complexity index is 517. The van der Waals surface area contributed by atoms with E-state index >= 15 is 0 Å². The topological polar surface area (TPSA) is 70.2 Å². The third kappa shape index (κ3) is 3.82. The second kappa shape index (κ2) is 6.26. The average molecular weight is 287 g/mol. The van der Waals surface area contributed by atoms with Gasteiger partial charge in [0.2, 0.25) is 11.8 Å². The molecule has 112 valence electrons. The van der Waals surface area contributed by atoms with Gasteiger partial charge in [-0.3, -0.25) is 9.59 Å². The molecule has 3 rings (SSSR count). The van der Waals surface area contributed by atoms with E-state index in [9.17, 15) is 9.59 Å². The molecule has 2 amide bonds. The molecule has 1 aromatic rings. The van der Waals surface area contributed by atoms with Gasteiger partial charge in [-0.2, -0.15) is 0 Å². The number of hydrogen-bond acceptors (Lipinski definition) is 3. The van der Waals surface area contributed by atoms with Gasteiger partial charge in [0.25, 0.3) is 0 Å². The quantitative estimate of drug-likeness (QED) is 0.794. The molecule has 5 nitrogen and oxygen atoms in total. The summed E-state index contributed by atoms with van der Waals surface area (Å²) < 4.78 is 0. The fraction of sp³-hybridized carbons (Fsp3) is 0.500. The molecular weight excluding hydrogens is 266 g/mol. The molecule has 1 aliphatic carbocycles. The van der Waals surface area contributed by atoms with Crippen LogP contribution in [0.3, 0.4) is 0 Å². The highest BCUT2D eigenvalue weighted by atomic mass is 16.2. The Hall–Kier alpha value is -1.88. The lowest BCUT2D eigenvalue weighted by atomic mass is 10.0. The van der Waals surface area contributed by atoms with Crippen molar-refractivity contribution in [3.63, 3.8) is 0 Å². The van der Waals surface area contributed by atoms with Gasteiger partial charge in [-0.15, -0.1) is 0 Å². The third-order valence-corrected chi connectivity index (χ3v) is 3.99. The molecule has 1 atom stereocenters. The summed E-state index contributed by atoms with van der Waals surface area (Å²) in [5.74, 6) is 0.310. The number of amides is 2. The van der Waals surface area contributed by atoms with E-state index in [1.807, 2.05) is 24.3 Å². The van der Waals surface area contributed by atoms with E-state index in [-0.39, 0.29) is 23.8 Å². The second-order valence-corrected chi connectivity index (χ2v) is 5.83. The molecule has 0 radical (unpaired) electrons. The Morgan fingerprint density at radius 1 is 0.905 bits per heavy atom. The van der Waals surface area contributed by atoms with Crippen molar-refractivity contribution in [2.24, 2.45) is 5.92 Å². The molecule has 2 aliphatic rings. The summed E-state index contributed by atoms with van der Waals surface area (Å²) in [7, 11) is 0. The third-order valence-electron chi connectivity index (χ3n) is 3.99. The smallest absolute Gasteiger partial charge is 0.241 e. The van der Waals surface area contributed by atoms with E-state index in [1.165, 1.54) is 0 Å². The van der Waals surface area contributed by atoms with Crippen LogP contribution in [-0.4, -0.2) is 24.4 Å². The minimum absolute atomic E-state index is 0.0180. The summed E-state index contributed by atoms with van der Waals surface area (Å²) in [6.45, 7) is 0.907. The maximum Gasteiger partial charge on any atom is 0.241 e. The molecule has 3 N–H and O–H groups in total. The first-order chi connectivity index (χ1) is 10.2. The first-order valence-electron chi connectivity index (χ1n) is 7.67. The highest BCUT2D eigenvalue weighted by molar-refractivity contribution is 5.96. The lowest BCUT2D eigenvalue weighted by Gasteiger charge is -2.22. The van der Waals surface area contributed by atoms with Crippen LogP contribution in [0, 0.1) is 5.92 Å². The Morgan fingerprint density at radius 3 is 2.05 bits per heavy atom. The van der Waals surface area contributed by atoms with E-state index in [0.717, 1.165) is 50.0 Å². The number of carbonyl (C=O) groups excluding carboxylic acids is 2. The fourth-order valence-corrected chi connectivity index (χ4v) is 2.53. The predicted octanol–water partition coefficient (Wildman–Crippen LogP) is 2.12. The van der Waals surface area contributed by atoms with Crippen LogP contribution in [0.2, 0.25) is 0 Å². The zero-order chi connectivity index (χ0) is 14.7. The molecule has 1 heterocycles. The molecule has 0 unspecified atom stereocenters. The van der Waals surface area contributed by atoms with Gasteiger partial charge < -0.3 is 16.0 Å². The highest BCUT2D eigenvalue weighted by Crippen LogP contribution is 2.30. The highest BCUT2D eigenvalue weighted by Gasteiger charge is 2.29. The van der Waals surface area contributed by atoms with Gasteiger partial charge in [0.05, 0.1) is 6.04 Å². The van der Waals surface area contributed by atoms with Crippen LogP contribution in [0.1, 0.15) is 32.1 Å². The largest absolute Gasteiger partial charge is 0.326 e. The number of anilines is 2. The minimum atomic E-state index is -0.0898. The second-order valence-electron chi connectivity index (χ2n) is 5.83. The molecule has 2 fully saturated rings. The number of carbonyl (C=O) groups is 2. The maximum atomic E-state index is 12.1. The number of piperidine rings is 1. The van der Waals surface area contributed by atoms with Crippen LogP contribution in [0.4, 0.5) is 11.4 Å². The monoisotopic (exact) mass is 287 g/mol. The molecule has 21 heavy (non-hydrogen) atoms. The molecule has 1 saturated carbocycles. The SMILES string of the molecule is O=C(Nc1ccc(NC(=O)[C@H]2CCCCN2)cc1)C1CC1. The zero-order valence-electron chi connectivity index (χ0n) is 12.0. The van der Waals surface area contributed by atoms with E-state index in [1.54, 1.807) is 0 Å². The van der Waals surface area contributed by atoms with Gasteiger partial charge in [0.1, 0.15) is 0 Å². The number of rotatable bonds is 4. The van der Waals surface area contributed by atoms with E-state index in [4.69, 9.17) is 0 Å². The van der Waals surface area contributed by atoms with E-state index in [0.29, 0.717) is 0 Å². The average Bonchev–Trinajstić information content (AvgIpc) is 3.35. The molecular formula is C16H21N3O2. The number of hydrogen-bond donors (Lipinski definition) is 3. The summed E-state index contributed by atoms with van der Waals surface area (Å²) in [6.07, 6.45) is 5.11. The number of nitrogens with one attached hydrogen (secondary N) is 3. The molecule has 0 aromatic heterocycles. The lowest BCUT2D eigenvalue weighted by molar-refractivity contribution is -0.119. The summed E-state index contributed by atoms with van der Waals surface area (Å²) in [5, 5.41) is 9.02. The Balaban J connectivity index is 1.53. The Labute approximate surface area is 124 Å². The summed E-state index contributed by atoms with van der Waals surface area (Å²) >= 11 is 0. The standard InChI is InChI=1S/C16H21N3O2/c20-15(11-4-5-11)18-12-6-8-13(9-7-12)19-16(21)14-3-1-2-10-17-14/h6-9,11,14,17H,1-5,10H2,(H,18,20)(H,19,21)/t14-/m1/s1. The Kier molecular flexibility index (Phi) is 4.20. The molecule has 0 spiro atoms. The van der Waals surface area contributed by atoms with Crippen LogP contribution in [0.15, 0.2) is 24.3 Å². The molecule has 1 aromatic carbocycles.